The van der Waals surface area contributed by atoms with Gasteiger partial charge in [0.2, 0.25) is 5.91 Å². The molecule has 1 atom stereocenters. The Hall–Kier alpha value is -1.30. The fourth-order valence-corrected chi connectivity index (χ4v) is 2.31. The van der Waals surface area contributed by atoms with E-state index >= 15 is 0 Å². The van der Waals surface area contributed by atoms with E-state index < -0.39 is 0 Å². The molecule has 1 aliphatic heterocycles. The van der Waals surface area contributed by atoms with Gasteiger partial charge in [0.25, 0.3) is 0 Å². The number of aliphatic hydroxyl groups is 1. The minimum atomic E-state index is -0.297. The Bertz CT molecular complexity index is 456. The molecular weight excluding hydrogens is 280 g/mol. The van der Waals surface area contributed by atoms with Gasteiger partial charge in [0, 0.05) is 18.1 Å². The summed E-state index contributed by atoms with van der Waals surface area (Å²) in [5, 5.41) is 12.8. The highest BCUT2D eigenvalue weighted by molar-refractivity contribution is 6.30. The molecule has 110 valence electrons. The molecule has 1 aromatic carbocycles. The minimum absolute atomic E-state index is 0.0474. The van der Waals surface area contributed by atoms with Crippen LogP contribution in [0.1, 0.15) is 6.42 Å². The number of nitrogens with zero attached hydrogens (tertiary/aromatic N) is 1. The van der Waals surface area contributed by atoms with Gasteiger partial charge in [-0.15, -0.1) is 0 Å². The maximum atomic E-state index is 11.7. The fourth-order valence-electron chi connectivity index (χ4n) is 2.13. The summed E-state index contributed by atoms with van der Waals surface area (Å²) in [7, 11) is 0. The number of carbonyl (C=O) groups is 1. The minimum Gasteiger partial charge on any atom is -0.492 e. The van der Waals surface area contributed by atoms with E-state index in [1.165, 1.54) is 0 Å². The molecule has 1 heterocycles. The van der Waals surface area contributed by atoms with Crippen molar-refractivity contribution in [3.05, 3.63) is 29.3 Å². The largest absolute Gasteiger partial charge is 0.492 e. The second-order valence-electron chi connectivity index (χ2n) is 4.83. The first kappa shape index (κ1) is 15.1. The number of benzene rings is 1. The first-order chi connectivity index (χ1) is 9.63. The third-order valence-electron chi connectivity index (χ3n) is 3.10. The number of ether oxygens (including phenoxy) is 1. The quantitative estimate of drug-likeness (QED) is 0.766. The van der Waals surface area contributed by atoms with Gasteiger partial charge in [-0.05, 0) is 24.6 Å². The number of carbonyl (C=O) groups excluding carboxylic acids is 1. The number of hydrogen-bond acceptors (Lipinski definition) is 4. The molecule has 1 aliphatic rings. The monoisotopic (exact) mass is 298 g/mol. The van der Waals surface area contributed by atoms with E-state index in [0.717, 1.165) is 13.0 Å². The number of rotatable bonds is 6. The molecule has 0 radical (unpaired) electrons. The summed E-state index contributed by atoms with van der Waals surface area (Å²) in [5.74, 6) is 0.642. The number of hydrogen-bond donors (Lipinski definition) is 2. The standard InChI is InChI=1S/C14H19ClN2O3/c15-11-2-1-3-13(8-11)20-7-5-16-14(19)10-17-6-4-12(18)9-17/h1-3,8,12,18H,4-7,9-10H2,(H,16,19)/t12-/m0/s1. The average Bonchev–Trinajstić information content (AvgIpc) is 2.80. The lowest BCUT2D eigenvalue weighted by Gasteiger charge is -2.14. The summed E-state index contributed by atoms with van der Waals surface area (Å²) in [5.41, 5.74) is 0. The van der Waals surface area contributed by atoms with Crippen LogP contribution in [0, 0.1) is 0 Å². The third-order valence-corrected chi connectivity index (χ3v) is 3.34. The molecular formula is C14H19ClN2O3. The molecule has 0 spiro atoms. The van der Waals surface area contributed by atoms with Crippen LogP contribution in [-0.4, -0.2) is 54.8 Å². The molecule has 20 heavy (non-hydrogen) atoms. The van der Waals surface area contributed by atoms with Gasteiger partial charge in [0.1, 0.15) is 12.4 Å². The number of halogens is 1. The Balaban J connectivity index is 1.60. The lowest BCUT2D eigenvalue weighted by molar-refractivity contribution is -0.122. The second kappa shape index (κ2) is 7.47. The van der Waals surface area contributed by atoms with Crippen molar-refractivity contribution in [2.75, 3.05) is 32.8 Å². The van der Waals surface area contributed by atoms with Crippen LogP contribution in [0.4, 0.5) is 0 Å². The first-order valence-electron chi connectivity index (χ1n) is 6.69. The summed E-state index contributed by atoms with van der Waals surface area (Å²) in [6.07, 6.45) is 0.444. The van der Waals surface area contributed by atoms with E-state index in [1.807, 2.05) is 17.0 Å². The van der Waals surface area contributed by atoms with E-state index in [9.17, 15) is 9.90 Å². The van der Waals surface area contributed by atoms with Crippen LogP contribution in [0.2, 0.25) is 5.02 Å². The zero-order valence-corrected chi connectivity index (χ0v) is 12.0. The van der Waals surface area contributed by atoms with E-state index in [-0.39, 0.29) is 12.0 Å². The number of β-amino-alcohol motifs (C(OH)–C–C–N with tert-alkyl or cyclic N) is 1. The van der Waals surface area contributed by atoms with Crippen LogP contribution >= 0.6 is 11.6 Å². The highest BCUT2D eigenvalue weighted by atomic mass is 35.5. The van der Waals surface area contributed by atoms with E-state index in [1.54, 1.807) is 12.1 Å². The zero-order valence-electron chi connectivity index (χ0n) is 11.2. The number of aliphatic hydroxyl groups excluding tert-OH is 1. The predicted molar refractivity (Wildman–Crippen MR) is 77.0 cm³/mol. The molecule has 0 aromatic heterocycles. The molecule has 0 bridgehead atoms. The van der Waals surface area contributed by atoms with Gasteiger partial charge in [0.05, 0.1) is 19.2 Å². The topological polar surface area (TPSA) is 61.8 Å². The van der Waals surface area contributed by atoms with Gasteiger partial charge in [-0.1, -0.05) is 17.7 Å². The van der Waals surface area contributed by atoms with Crippen molar-refractivity contribution in [2.45, 2.75) is 12.5 Å². The lowest BCUT2D eigenvalue weighted by atomic mass is 10.3. The summed E-state index contributed by atoms with van der Waals surface area (Å²) >= 11 is 5.84. The van der Waals surface area contributed by atoms with Crippen molar-refractivity contribution in [1.82, 2.24) is 10.2 Å². The Kier molecular flexibility index (Phi) is 5.64. The maximum absolute atomic E-state index is 11.7. The van der Waals surface area contributed by atoms with E-state index in [2.05, 4.69) is 5.32 Å². The Morgan fingerprint density at radius 3 is 3.10 bits per heavy atom. The molecule has 0 unspecified atom stereocenters. The molecule has 0 saturated carbocycles. The molecule has 1 amide bonds. The van der Waals surface area contributed by atoms with Gasteiger partial charge in [0.15, 0.2) is 0 Å². The normalized spacial score (nSPS) is 19.0. The van der Waals surface area contributed by atoms with E-state index in [0.29, 0.717) is 37.0 Å². The Labute approximate surface area is 123 Å². The summed E-state index contributed by atoms with van der Waals surface area (Å²) < 4.78 is 5.47. The van der Waals surface area contributed by atoms with Crippen LogP contribution in [0.25, 0.3) is 0 Å². The van der Waals surface area contributed by atoms with Crippen LogP contribution in [0.5, 0.6) is 5.75 Å². The second-order valence-corrected chi connectivity index (χ2v) is 5.27. The number of amides is 1. The summed E-state index contributed by atoms with van der Waals surface area (Å²) in [6.45, 7) is 2.52. The molecule has 1 fully saturated rings. The van der Waals surface area contributed by atoms with Gasteiger partial charge in [-0.25, -0.2) is 0 Å². The predicted octanol–water partition coefficient (Wildman–Crippen LogP) is 0.902. The maximum Gasteiger partial charge on any atom is 0.234 e. The van der Waals surface area contributed by atoms with Crippen LogP contribution in [0.3, 0.4) is 0 Å². The lowest BCUT2D eigenvalue weighted by Crippen LogP contribution is -2.38. The highest BCUT2D eigenvalue weighted by Crippen LogP contribution is 2.16. The average molecular weight is 299 g/mol. The van der Waals surface area contributed by atoms with Gasteiger partial charge in [-0.3, -0.25) is 9.69 Å². The van der Waals surface area contributed by atoms with Crippen LogP contribution in [0.15, 0.2) is 24.3 Å². The number of nitrogens with one attached hydrogen (secondary N) is 1. The molecule has 6 heteroatoms. The van der Waals surface area contributed by atoms with Gasteiger partial charge in [-0.2, -0.15) is 0 Å². The third kappa shape index (κ3) is 5.00. The zero-order chi connectivity index (χ0) is 14.4. The van der Waals surface area contributed by atoms with Crippen molar-refractivity contribution < 1.29 is 14.6 Å². The Morgan fingerprint density at radius 1 is 1.55 bits per heavy atom. The first-order valence-corrected chi connectivity index (χ1v) is 7.07. The highest BCUT2D eigenvalue weighted by Gasteiger charge is 2.21. The van der Waals surface area contributed by atoms with Crippen molar-refractivity contribution in [2.24, 2.45) is 0 Å². The Morgan fingerprint density at radius 2 is 2.40 bits per heavy atom. The molecule has 2 N–H and O–H groups in total. The molecule has 5 nitrogen and oxygen atoms in total. The van der Waals surface area contributed by atoms with Crippen molar-refractivity contribution in [3.8, 4) is 5.75 Å². The fraction of sp³-hybridized carbons (Fsp3) is 0.500. The van der Waals surface area contributed by atoms with Crippen molar-refractivity contribution >= 4 is 17.5 Å². The van der Waals surface area contributed by atoms with Crippen molar-refractivity contribution in [3.63, 3.8) is 0 Å². The number of likely N-dealkylation sites (tertiary alicyclic amines) is 1. The van der Waals surface area contributed by atoms with Gasteiger partial charge < -0.3 is 15.2 Å². The summed E-state index contributed by atoms with van der Waals surface area (Å²) in [4.78, 5) is 13.6. The molecule has 1 aromatic rings. The molecule has 0 aliphatic carbocycles. The van der Waals surface area contributed by atoms with E-state index in [4.69, 9.17) is 16.3 Å². The smallest absolute Gasteiger partial charge is 0.234 e. The molecule has 2 rings (SSSR count). The van der Waals surface area contributed by atoms with Gasteiger partial charge >= 0.3 is 0 Å². The SMILES string of the molecule is O=C(CN1CC[C@H](O)C1)NCCOc1cccc(Cl)c1. The van der Waals surface area contributed by atoms with Crippen molar-refractivity contribution in [1.29, 1.82) is 0 Å². The van der Waals surface area contributed by atoms with Crippen LogP contribution in [-0.2, 0) is 4.79 Å². The summed E-state index contributed by atoms with van der Waals surface area (Å²) in [6, 6.07) is 7.14. The molecule has 1 saturated heterocycles. The van der Waals surface area contributed by atoms with Crippen LogP contribution < -0.4 is 10.1 Å².